The Hall–Kier alpha value is -2.73. The summed E-state index contributed by atoms with van der Waals surface area (Å²) in [6.07, 6.45) is 0. The molecule has 0 saturated carbocycles. The summed E-state index contributed by atoms with van der Waals surface area (Å²) in [7, 11) is 0. The Balaban J connectivity index is 1.72. The maximum atomic E-state index is 12.6. The molecule has 0 aliphatic rings. The number of carbonyl (C=O) groups excluding carboxylic acids is 2. The van der Waals surface area contributed by atoms with E-state index >= 15 is 0 Å². The number of anilines is 1. The van der Waals surface area contributed by atoms with E-state index in [0.29, 0.717) is 17.8 Å². The van der Waals surface area contributed by atoms with Crippen LogP contribution in [0.4, 0.5) is 5.69 Å². The molecule has 0 aliphatic heterocycles. The Morgan fingerprint density at radius 2 is 1.73 bits per heavy atom. The fraction of sp³-hybridized carbons (Fsp3) is 0.250. The lowest BCUT2D eigenvalue weighted by Gasteiger charge is -2.19. The highest BCUT2D eigenvalue weighted by atomic mass is 32.1. The Morgan fingerprint density at radius 3 is 2.46 bits per heavy atom. The second-order valence-corrected chi connectivity index (χ2v) is 8.12. The number of aromatic nitrogens is 1. The van der Waals surface area contributed by atoms with Crippen LogP contribution in [0.2, 0.25) is 0 Å². The average molecular weight is 367 g/mol. The summed E-state index contributed by atoms with van der Waals surface area (Å²) in [5.41, 5.74) is 1.34. The molecular formula is C20H21N3O2S. The maximum absolute atomic E-state index is 12.6. The Labute approximate surface area is 156 Å². The molecule has 0 fully saturated rings. The lowest BCUT2D eigenvalue weighted by atomic mass is 9.95. The zero-order valence-electron chi connectivity index (χ0n) is 15.0. The zero-order valence-corrected chi connectivity index (χ0v) is 15.8. The van der Waals surface area contributed by atoms with Crippen LogP contribution >= 0.6 is 11.3 Å². The Bertz CT molecular complexity index is 924. The van der Waals surface area contributed by atoms with Gasteiger partial charge in [-0.15, -0.1) is 11.3 Å². The largest absolute Gasteiger partial charge is 0.345 e. The van der Waals surface area contributed by atoms with E-state index in [9.17, 15) is 9.59 Å². The first-order chi connectivity index (χ1) is 12.3. The van der Waals surface area contributed by atoms with Crippen molar-refractivity contribution in [3.63, 3.8) is 0 Å². The summed E-state index contributed by atoms with van der Waals surface area (Å²) in [4.78, 5) is 29.4. The summed E-state index contributed by atoms with van der Waals surface area (Å²) in [5.74, 6) is -0.377. The van der Waals surface area contributed by atoms with Crippen molar-refractivity contribution < 1.29 is 9.59 Å². The molecule has 26 heavy (non-hydrogen) atoms. The van der Waals surface area contributed by atoms with Gasteiger partial charge in [0.2, 0.25) is 5.91 Å². The second-order valence-electron chi connectivity index (χ2n) is 7.01. The number of para-hydroxylation sites is 2. The first kappa shape index (κ1) is 18.1. The van der Waals surface area contributed by atoms with Gasteiger partial charge in [0.25, 0.3) is 5.91 Å². The Kier molecular flexibility index (Phi) is 5.04. The lowest BCUT2D eigenvalue weighted by Crippen LogP contribution is -2.30. The molecular weight excluding hydrogens is 346 g/mol. The van der Waals surface area contributed by atoms with Crippen LogP contribution in [0.5, 0.6) is 0 Å². The van der Waals surface area contributed by atoms with Gasteiger partial charge in [-0.05, 0) is 24.3 Å². The highest BCUT2D eigenvalue weighted by Gasteiger charge is 2.23. The summed E-state index contributed by atoms with van der Waals surface area (Å²) in [5, 5.41) is 6.57. The number of nitrogens with zero attached hydrogens (tertiary/aromatic N) is 1. The summed E-state index contributed by atoms with van der Waals surface area (Å²) in [6.45, 7) is 5.84. The van der Waals surface area contributed by atoms with Crippen molar-refractivity contribution in [2.45, 2.75) is 27.3 Å². The van der Waals surface area contributed by atoms with Crippen molar-refractivity contribution in [2.75, 3.05) is 5.32 Å². The standard InChI is InChI=1S/C20H21N3O2S/c1-20(2,3)19(25)23-14-9-5-4-8-13(14)18(24)21-12-17-22-15-10-6-7-11-16(15)26-17/h4-11H,12H2,1-3H3,(H,21,24)(H,23,25). The van der Waals surface area contributed by atoms with Crippen LogP contribution in [0.25, 0.3) is 10.2 Å². The molecule has 0 spiro atoms. The number of amides is 2. The number of thiazole rings is 1. The van der Waals surface area contributed by atoms with E-state index in [1.807, 2.05) is 45.0 Å². The average Bonchev–Trinajstić information content (AvgIpc) is 3.02. The molecule has 0 aliphatic carbocycles. The minimum atomic E-state index is -0.537. The van der Waals surface area contributed by atoms with Crippen LogP contribution in [0.1, 0.15) is 36.1 Å². The van der Waals surface area contributed by atoms with Crippen LogP contribution in [-0.4, -0.2) is 16.8 Å². The smallest absolute Gasteiger partial charge is 0.253 e. The van der Waals surface area contributed by atoms with Gasteiger partial charge in [-0.1, -0.05) is 45.0 Å². The van der Waals surface area contributed by atoms with Gasteiger partial charge in [-0.2, -0.15) is 0 Å². The van der Waals surface area contributed by atoms with Crippen molar-refractivity contribution in [1.82, 2.24) is 10.3 Å². The number of rotatable bonds is 4. The maximum Gasteiger partial charge on any atom is 0.253 e. The predicted octanol–water partition coefficient (Wildman–Crippen LogP) is 4.21. The molecule has 2 aromatic carbocycles. The SMILES string of the molecule is CC(C)(C)C(=O)Nc1ccccc1C(=O)NCc1nc2ccccc2s1. The number of hydrogen-bond acceptors (Lipinski definition) is 4. The Morgan fingerprint density at radius 1 is 1.04 bits per heavy atom. The monoisotopic (exact) mass is 367 g/mol. The number of nitrogens with one attached hydrogen (secondary N) is 2. The third-order valence-electron chi connectivity index (χ3n) is 3.84. The fourth-order valence-corrected chi connectivity index (χ4v) is 3.25. The quantitative estimate of drug-likeness (QED) is 0.725. The molecule has 6 heteroatoms. The van der Waals surface area contributed by atoms with Gasteiger partial charge in [0.05, 0.1) is 28.0 Å². The molecule has 0 bridgehead atoms. The van der Waals surface area contributed by atoms with Crippen molar-refractivity contribution >= 4 is 39.1 Å². The van der Waals surface area contributed by atoms with Crippen LogP contribution in [0.15, 0.2) is 48.5 Å². The van der Waals surface area contributed by atoms with Gasteiger partial charge in [0, 0.05) is 5.41 Å². The molecule has 5 nitrogen and oxygen atoms in total. The molecule has 3 aromatic rings. The molecule has 134 valence electrons. The van der Waals surface area contributed by atoms with E-state index in [4.69, 9.17) is 0 Å². The van der Waals surface area contributed by atoms with Gasteiger partial charge < -0.3 is 10.6 Å². The van der Waals surface area contributed by atoms with E-state index < -0.39 is 5.41 Å². The first-order valence-electron chi connectivity index (χ1n) is 8.38. The van der Waals surface area contributed by atoms with E-state index in [2.05, 4.69) is 15.6 Å². The molecule has 1 aromatic heterocycles. The van der Waals surface area contributed by atoms with Crippen molar-refractivity contribution in [3.05, 3.63) is 59.1 Å². The third-order valence-corrected chi connectivity index (χ3v) is 4.88. The van der Waals surface area contributed by atoms with Gasteiger partial charge in [-0.25, -0.2) is 4.98 Å². The molecule has 0 radical (unpaired) electrons. The molecule has 1 heterocycles. The van der Waals surface area contributed by atoms with Gasteiger partial charge in [-0.3, -0.25) is 9.59 Å². The summed E-state index contributed by atoms with van der Waals surface area (Å²) >= 11 is 1.56. The van der Waals surface area contributed by atoms with Crippen LogP contribution in [0.3, 0.4) is 0 Å². The number of hydrogen-bond donors (Lipinski definition) is 2. The third kappa shape index (κ3) is 4.08. The molecule has 2 amide bonds. The number of benzene rings is 2. The van der Waals surface area contributed by atoms with Gasteiger partial charge in [0.15, 0.2) is 0 Å². The zero-order chi connectivity index (χ0) is 18.7. The molecule has 2 N–H and O–H groups in total. The van der Waals surface area contributed by atoms with Gasteiger partial charge >= 0.3 is 0 Å². The molecule has 0 saturated heterocycles. The summed E-state index contributed by atoms with van der Waals surface area (Å²) < 4.78 is 1.09. The first-order valence-corrected chi connectivity index (χ1v) is 9.19. The van der Waals surface area contributed by atoms with Crippen LogP contribution < -0.4 is 10.6 Å². The lowest BCUT2D eigenvalue weighted by molar-refractivity contribution is -0.123. The topological polar surface area (TPSA) is 71.1 Å². The van der Waals surface area contributed by atoms with Crippen molar-refractivity contribution in [2.24, 2.45) is 5.41 Å². The van der Waals surface area contributed by atoms with E-state index in [0.717, 1.165) is 15.2 Å². The molecule has 0 atom stereocenters. The van der Waals surface area contributed by atoms with Crippen LogP contribution in [0, 0.1) is 5.41 Å². The molecule has 3 rings (SSSR count). The fourth-order valence-electron chi connectivity index (χ4n) is 2.35. The molecule has 0 unspecified atom stereocenters. The van der Waals surface area contributed by atoms with E-state index in [1.165, 1.54) is 0 Å². The highest BCUT2D eigenvalue weighted by molar-refractivity contribution is 7.18. The minimum Gasteiger partial charge on any atom is -0.345 e. The second kappa shape index (κ2) is 7.25. The number of carbonyl (C=O) groups is 2. The van der Waals surface area contributed by atoms with E-state index in [-0.39, 0.29) is 11.8 Å². The summed E-state index contributed by atoms with van der Waals surface area (Å²) in [6, 6.07) is 14.9. The van der Waals surface area contributed by atoms with Crippen LogP contribution in [-0.2, 0) is 11.3 Å². The number of fused-ring (bicyclic) bond motifs is 1. The minimum absolute atomic E-state index is 0.135. The highest BCUT2D eigenvalue weighted by Crippen LogP contribution is 2.23. The van der Waals surface area contributed by atoms with Gasteiger partial charge in [0.1, 0.15) is 5.01 Å². The van der Waals surface area contributed by atoms with E-state index in [1.54, 1.807) is 35.6 Å². The van der Waals surface area contributed by atoms with Crippen molar-refractivity contribution in [3.8, 4) is 0 Å². The normalized spacial score (nSPS) is 11.3. The predicted molar refractivity (Wildman–Crippen MR) is 105 cm³/mol. The van der Waals surface area contributed by atoms with Crippen molar-refractivity contribution in [1.29, 1.82) is 0 Å².